The molecule has 0 atom stereocenters. The molecule has 0 radical (unpaired) electrons. The molecule has 0 bridgehead atoms. The van der Waals surface area contributed by atoms with Crippen molar-refractivity contribution in [1.82, 2.24) is 9.55 Å². The molecule has 0 spiro atoms. The van der Waals surface area contributed by atoms with Gasteiger partial charge < -0.3 is 9.55 Å². The van der Waals surface area contributed by atoms with E-state index in [-0.39, 0.29) is 0 Å². The second-order valence-electron chi connectivity index (χ2n) is 4.54. The zero-order valence-corrected chi connectivity index (χ0v) is 11.9. The molecule has 17 heavy (non-hydrogen) atoms. The summed E-state index contributed by atoms with van der Waals surface area (Å²) in [7, 11) is 0. The second kappa shape index (κ2) is 4.04. The van der Waals surface area contributed by atoms with Crippen LogP contribution in [0.2, 0.25) is 5.02 Å². The molecule has 1 aliphatic carbocycles. The van der Waals surface area contributed by atoms with Gasteiger partial charge in [0.1, 0.15) is 0 Å². The summed E-state index contributed by atoms with van der Waals surface area (Å²) >= 11 is 13.6. The van der Waals surface area contributed by atoms with Crippen molar-refractivity contribution in [2.45, 2.75) is 24.1 Å². The Kier molecular flexibility index (Phi) is 2.76. The lowest BCUT2D eigenvalue weighted by Crippen LogP contribution is -2.13. The number of hydrogen-bond acceptors (Lipinski definition) is 2. The lowest BCUT2D eigenvalue weighted by Gasteiger charge is -2.13. The first-order chi connectivity index (χ1) is 8.15. The van der Waals surface area contributed by atoms with Crippen LogP contribution in [0.4, 0.5) is 0 Å². The van der Waals surface area contributed by atoms with Gasteiger partial charge in [-0.3, -0.25) is 0 Å². The molecule has 90 valence electrons. The highest BCUT2D eigenvalue weighted by atomic mass is 35.5. The molecular weight excluding hydrogens is 272 g/mol. The van der Waals surface area contributed by atoms with Gasteiger partial charge in [0.2, 0.25) is 0 Å². The van der Waals surface area contributed by atoms with Crippen molar-refractivity contribution in [3.63, 3.8) is 0 Å². The van der Waals surface area contributed by atoms with Gasteiger partial charge in [-0.1, -0.05) is 17.7 Å². The maximum Gasteiger partial charge on any atom is 0.178 e. The fourth-order valence-electron chi connectivity index (χ4n) is 2.18. The topological polar surface area (TPSA) is 20.7 Å². The van der Waals surface area contributed by atoms with Crippen molar-refractivity contribution in [1.29, 1.82) is 0 Å². The number of hydrogen-bond donors (Lipinski definition) is 1. The minimum atomic E-state index is 0.381. The van der Waals surface area contributed by atoms with Gasteiger partial charge in [-0.25, -0.2) is 0 Å². The first kappa shape index (κ1) is 11.6. The van der Waals surface area contributed by atoms with Crippen LogP contribution in [0.3, 0.4) is 0 Å². The smallest absolute Gasteiger partial charge is 0.178 e. The van der Waals surface area contributed by atoms with E-state index in [4.69, 9.17) is 23.8 Å². The number of aromatic amines is 1. The fraction of sp³-hybridized carbons (Fsp3) is 0.417. The number of halogens is 1. The molecule has 1 fully saturated rings. The highest BCUT2D eigenvalue weighted by molar-refractivity contribution is 8.00. The SMILES string of the molecule is CSC1(Cn2c(=S)[nH]c3cccc(Cl)c32)CC1. The van der Waals surface area contributed by atoms with Crippen LogP contribution in [0, 0.1) is 4.77 Å². The van der Waals surface area contributed by atoms with Gasteiger partial charge in [-0.2, -0.15) is 11.8 Å². The van der Waals surface area contributed by atoms with Gasteiger partial charge in [-0.05, 0) is 43.4 Å². The van der Waals surface area contributed by atoms with Gasteiger partial charge >= 0.3 is 0 Å². The molecule has 0 aliphatic heterocycles. The van der Waals surface area contributed by atoms with E-state index in [1.165, 1.54) is 12.8 Å². The van der Waals surface area contributed by atoms with Gasteiger partial charge in [0.05, 0.1) is 16.1 Å². The molecule has 0 unspecified atom stereocenters. The molecular formula is C12H13ClN2S2. The maximum absolute atomic E-state index is 6.27. The van der Waals surface area contributed by atoms with Crippen molar-refractivity contribution in [2.24, 2.45) is 0 Å². The van der Waals surface area contributed by atoms with Gasteiger partial charge in [0.15, 0.2) is 4.77 Å². The average molecular weight is 285 g/mol. The minimum absolute atomic E-state index is 0.381. The number of rotatable bonds is 3. The quantitative estimate of drug-likeness (QED) is 0.851. The highest BCUT2D eigenvalue weighted by Gasteiger charge is 2.42. The molecule has 1 aromatic heterocycles. The summed E-state index contributed by atoms with van der Waals surface area (Å²) in [6.07, 6.45) is 4.72. The summed E-state index contributed by atoms with van der Waals surface area (Å²) < 4.78 is 3.30. The number of para-hydroxylation sites is 1. The Morgan fingerprint density at radius 1 is 1.53 bits per heavy atom. The Morgan fingerprint density at radius 3 is 2.94 bits per heavy atom. The first-order valence-corrected chi connectivity index (χ1v) is 7.58. The number of fused-ring (bicyclic) bond motifs is 1. The molecule has 3 rings (SSSR count). The van der Waals surface area contributed by atoms with Gasteiger partial charge in [0.25, 0.3) is 0 Å². The highest BCUT2D eigenvalue weighted by Crippen LogP contribution is 2.49. The van der Waals surface area contributed by atoms with E-state index in [0.717, 1.165) is 27.4 Å². The van der Waals surface area contributed by atoms with E-state index in [9.17, 15) is 0 Å². The summed E-state index contributed by atoms with van der Waals surface area (Å²) in [5.74, 6) is 0. The molecule has 1 saturated carbocycles. The lowest BCUT2D eigenvalue weighted by molar-refractivity contribution is 0.670. The van der Waals surface area contributed by atoms with Crippen LogP contribution in [0.25, 0.3) is 11.0 Å². The molecule has 1 aromatic carbocycles. The Bertz CT molecular complexity index is 625. The third kappa shape index (κ3) is 1.92. The van der Waals surface area contributed by atoms with E-state index < -0.39 is 0 Å². The normalized spacial score (nSPS) is 17.5. The Morgan fingerprint density at radius 2 is 2.29 bits per heavy atom. The van der Waals surface area contributed by atoms with E-state index in [0.29, 0.717) is 4.75 Å². The number of H-pyrrole nitrogens is 1. The Hall–Kier alpha value is -0.450. The van der Waals surface area contributed by atoms with Crippen LogP contribution in [-0.2, 0) is 6.54 Å². The monoisotopic (exact) mass is 284 g/mol. The number of nitrogens with zero attached hydrogens (tertiary/aromatic N) is 1. The Labute approximate surface area is 114 Å². The van der Waals surface area contributed by atoms with Crippen LogP contribution in [-0.4, -0.2) is 20.6 Å². The third-order valence-electron chi connectivity index (χ3n) is 3.43. The molecule has 0 amide bonds. The number of aromatic nitrogens is 2. The van der Waals surface area contributed by atoms with Crippen LogP contribution < -0.4 is 0 Å². The summed E-state index contributed by atoms with van der Waals surface area (Å²) in [5.41, 5.74) is 2.07. The molecule has 1 aliphatic rings. The standard InChI is InChI=1S/C12H13ClN2S2/c1-17-12(5-6-12)7-15-10-8(13)3-2-4-9(10)14-11(15)16/h2-4H,5-7H2,1H3,(H,14,16). The number of imidazole rings is 1. The maximum atomic E-state index is 6.27. The summed E-state index contributed by atoms with van der Waals surface area (Å²) in [6.45, 7) is 0.955. The molecule has 2 aromatic rings. The zero-order chi connectivity index (χ0) is 12.0. The van der Waals surface area contributed by atoms with E-state index in [1.807, 2.05) is 30.0 Å². The van der Waals surface area contributed by atoms with E-state index in [2.05, 4.69) is 15.8 Å². The van der Waals surface area contributed by atoms with Crippen LogP contribution >= 0.6 is 35.6 Å². The molecule has 2 nitrogen and oxygen atoms in total. The number of benzene rings is 1. The van der Waals surface area contributed by atoms with Crippen molar-refractivity contribution in [3.8, 4) is 0 Å². The molecule has 0 saturated heterocycles. The van der Waals surface area contributed by atoms with Crippen molar-refractivity contribution >= 4 is 46.6 Å². The van der Waals surface area contributed by atoms with Crippen molar-refractivity contribution in [3.05, 3.63) is 28.0 Å². The van der Waals surface area contributed by atoms with Crippen molar-refractivity contribution in [2.75, 3.05) is 6.26 Å². The molecule has 1 heterocycles. The van der Waals surface area contributed by atoms with Crippen LogP contribution in [0.5, 0.6) is 0 Å². The van der Waals surface area contributed by atoms with Crippen LogP contribution in [0.1, 0.15) is 12.8 Å². The average Bonchev–Trinajstić information content (AvgIpc) is 3.00. The first-order valence-electron chi connectivity index (χ1n) is 5.57. The van der Waals surface area contributed by atoms with E-state index in [1.54, 1.807) is 0 Å². The van der Waals surface area contributed by atoms with Crippen LogP contribution in [0.15, 0.2) is 18.2 Å². The predicted molar refractivity (Wildman–Crippen MR) is 77.6 cm³/mol. The summed E-state index contributed by atoms with van der Waals surface area (Å²) in [4.78, 5) is 3.23. The third-order valence-corrected chi connectivity index (χ3v) is 5.46. The lowest BCUT2D eigenvalue weighted by atomic mass is 10.3. The summed E-state index contributed by atoms with van der Waals surface area (Å²) in [6, 6.07) is 5.88. The predicted octanol–water partition coefficient (Wildman–Crippen LogP) is 4.25. The number of thioether (sulfide) groups is 1. The minimum Gasteiger partial charge on any atom is -0.331 e. The van der Waals surface area contributed by atoms with Gasteiger partial charge in [0, 0.05) is 11.3 Å². The molecule has 1 N–H and O–H groups in total. The van der Waals surface area contributed by atoms with E-state index >= 15 is 0 Å². The molecule has 5 heteroatoms. The fourth-order valence-corrected chi connectivity index (χ4v) is 3.49. The zero-order valence-electron chi connectivity index (χ0n) is 9.50. The second-order valence-corrected chi connectivity index (χ2v) is 6.61. The largest absolute Gasteiger partial charge is 0.331 e. The van der Waals surface area contributed by atoms with Gasteiger partial charge in [-0.15, -0.1) is 0 Å². The summed E-state index contributed by atoms with van der Waals surface area (Å²) in [5, 5.41) is 0.770. The van der Waals surface area contributed by atoms with Crippen molar-refractivity contribution < 1.29 is 0 Å². The Balaban J connectivity index is 2.15. The number of nitrogens with one attached hydrogen (secondary N) is 1.